The molecule has 0 aromatic rings. The zero-order valence-electron chi connectivity index (χ0n) is 10.7. The van der Waals surface area contributed by atoms with E-state index < -0.39 is 5.60 Å². The minimum absolute atomic E-state index is 0.0602. The van der Waals surface area contributed by atoms with Crippen LogP contribution in [-0.4, -0.2) is 42.1 Å². The van der Waals surface area contributed by atoms with Crippen molar-refractivity contribution in [1.29, 1.82) is 0 Å². The monoisotopic (exact) mass is 240 g/mol. The van der Waals surface area contributed by atoms with Gasteiger partial charge < -0.3 is 15.0 Å². The van der Waals surface area contributed by atoms with E-state index in [2.05, 4.69) is 5.32 Å². The van der Waals surface area contributed by atoms with Crippen LogP contribution < -0.4 is 5.32 Å². The number of carbonyl (C=O) groups is 2. The molecule has 2 rings (SSSR count). The second-order valence-electron chi connectivity index (χ2n) is 5.93. The van der Waals surface area contributed by atoms with E-state index in [0.29, 0.717) is 25.6 Å². The van der Waals surface area contributed by atoms with Crippen molar-refractivity contribution in [3.05, 3.63) is 0 Å². The Kier molecular flexibility index (Phi) is 3.02. The van der Waals surface area contributed by atoms with Crippen LogP contribution in [0.1, 0.15) is 27.2 Å². The number of ether oxygens (including phenoxy) is 1. The lowest BCUT2D eigenvalue weighted by molar-refractivity contribution is -0.130. The first kappa shape index (κ1) is 12.2. The second kappa shape index (κ2) is 4.20. The van der Waals surface area contributed by atoms with Crippen molar-refractivity contribution in [3.63, 3.8) is 0 Å². The summed E-state index contributed by atoms with van der Waals surface area (Å²) in [7, 11) is 0. The SMILES string of the molecule is CC(C)(C)OC(=O)N1C[C@@H]2CNC(=O)[C@@H](C2)C1. The van der Waals surface area contributed by atoms with Crippen molar-refractivity contribution >= 4 is 12.0 Å². The van der Waals surface area contributed by atoms with Crippen LogP contribution in [0, 0.1) is 11.8 Å². The molecule has 2 bridgehead atoms. The van der Waals surface area contributed by atoms with E-state index in [9.17, 15) is 9.59 Å². The van der Waals surface area contributed by atoms with Crippen LogP contribution in [0.15, 0.2) is 0 Å². The molecule has 2 saturated heterocycles. The lowest BCUT2D eigenvalue weighted by Gasteiger charge is -2.40. The summed E-state index contributed by atoms with van der Waals surface area (Å²) in [4.78, 5) is 25.2. The van der Waals surface area contributed by atoms with Gasteiger partial charge in [0.15, 0.2) is 0 Å². The van der Waals surface area contributed by atoms with E-state index in [0.717, 1.165) is 6.42 Å². The van der Waals surface area contributed by atoms with Crippen LogP contribution in [0.2, 0.25) is 0 Å². The van der Waals surface area contributed by atoms with Gasteiger partial charge >= 0.3 is 6.09 Å². The number of nitrogens with one attached hydrogen (secondary N) is 1. The lowest BCUT2D eigenvalue weighted by atomic mass is 9.85. The quantitative estimate of drug-likeness (QED) is 0.687. The summed E-state index contributed by atoms with van der Waals surface area (Å²) in [6.07, 6.45) is 0.590. The molecule has 0 unspecified atom stereocenters. The van der Waals surface area contributed by atoms with Crippen molar-refractivity contribution in [3.8, 4) is 0 Å². The van der Waals surface area contributed by atoms with Gasteiger partial charge in [-0.1, -0.05) is 0 Å². The van der Waals surface area contributed by atoms with E-state index in [4.69, 9.17) is 4.74 Å². The van der Waals surface area contributed by atoms with Gasteiger partial charge in [-0.3, -0.25) is 4.79 Å². The largest absolute Gasteiger partial charge is 0.444 e. The van der Waals surface area contributed by atoms with Crippen LogP contribution in [0.4, 0.5) is 4.79 Å². The molecule has 0 spiro atoms. The standard InChI is InChI=1S/C12H20N2O3/c1-12(2,3)17-11(16)14-6-8-4-9(7-14)10(15)13-5-8/h8-9H,4-7H2,1-3H3,(H,13,15)/t8-,9-/m0/s1. The average molecular weight is 240 g/mol. The van der Waals surface area contributed by atoms with Gasteiger partial charge in [0.05, 0.1) is 5.92 Å². The number of fused-ring (bicyclic) bond motifs is 2. The van der Waals surface area contributed by atoms with Crippen LogP contribution in [0.25, 0.3) is 0 Å². The zero-order chi connectivity index (χ0) is 12.6. The molecular formula is C12H20N2O3. The third kappa shape index (κ3) is 2.90. The number of carbonyl (C=O) groups excluding carboxylic acids is 2. The van der Waals surface area contributed by atoms with Gasteiger partial charge in [-0.05, 0) is 33.1 Å². The number of nitrogens with zero attached hydrogens (tertiary/aromatic N) is 1. The molecule has 2 amide bonds. The highest BCUT2D eigenvalue weighted by Gasteiger charge is 2.38. The Labute approximate surface area is 101 Å². The number of amides is 2. The van der Waals surface area contributed by atoms with E-state index in [1.54, 1.807) is 4.90 Å². The maximum atomic E-state index is 11.9. The van der Waals surface area contributed by atoms with Gasteiger partial charge in [0.25, 0.3) is 0 Å². The third-order valence-electron chi connectivity index (χ3n) is 3.12. The Balaban J connectivity index is 1.99. The number of rotatable bonds is 0. The Hall–Kier alpha value is -1.26. The predicted molar refractivity (Wildman–Crippen MR) is 62.4 cm³/mol. The van der Waals surface area contributed by atoms with Gasteiger partial charge in [0, 0.05) is 19.6 Å². The molecule has 0 radical (unpaired) electrons. The summed E-state index contributed by atoms with van der Waals surface area (Å²) in [5, 5.41) is 2.87. The molecule has 2 aliphatic rings. The lowest BCUT2D eigenvalue weighted by Crippen LogP contribution is -2.55. The van der Waals surface area contributed by atoms with Crippen molar-refractivity contribution in [1.82, 2.24) is 10.2 Å². The molecule has 2 fully saturated rings. The van der Waals surface area contributed by atoms with Crippen LogP contribution in [0.5, 0.6) is 0 Å². The van der Waals surface area contributed by atoms with Gasteiger partial charge in [0.1, 0.15) is 5.60 Å². The van der Waals surface area contributed by atoms with Crippen molar-refractivity contribution < 1.29 is 14.3 Å². The smallest absolute Gasteiger partial charge is 0.410 e. The van der Waals surface area contributed by atoms with Crippen LogP contribution >= 0.6 is 0 Å². The molecule has 2 aliphatic heterocycles. The normalized spacial score (nSPS) is 28.6. The summed E-state index contributed by atoms with van der Waals surface area (Å²) in [6, 6.07) is 0. The molecule has 0 saturated carbocycles. The molecule has 0 aromatic heterocycles. The maximum absolute atomic E-state index is 11.9. The number of piperidine rings is 2. The van der Waals surface area contributed by atoms with E-state index in [1.165, 1.54) is 0 Å². The average Bonchev–Trinajstić information content (AvgIpc) is 2.21. The fourth-order valence-corrected chi connectivity index (χ4v) is 2.41. The third-order valence-corrected chi connectivity index (χ3v) is 3.12. The first-order valence-electron chi connectivity index (χ1n) is 6.11. The maximum Gasteiger partial charge on any atom is 0.410 e. The fourth-order valence-electron chi connectivity index (χ4n) is 2.41. The number of likely N-dealkylation sites (tertiary alicyclic amines) is 1. The first-order valence-corrected chi connectivity index (χ1v) is 6.11. The minimum atomic E-state index is -0.480. The van der Waals surface area contributed by atoms with Crippen molar-refractivity contribution in [2.24, 2.45) is 11.8 Å². The van der Waals surface area contributed by atoms with Gasteiger partial charge in [-0.25, -0.2) is 4.79 Å². The van der Waals surface area contributed by atoms with E-state index >= 15 is 0 Å². The Morgan fingerprint density at radius 3 is 2.76 bits per heavy atom. The topological polar surface area (TPSA) is 58.6 Å². The summed E-state index contributed by atoms with van der Waals surface area (Å²) < 4.78 is 5.33. The molecule has 0 aromatic carbocycles. The van der Waals surface area contributed by atoms with Crippen molar-refractivity contribution in [2.75, 3.05) is 19.6 Å². The molecule has 2 atom stereocenters. The molecule has 1 N–H and O–H groups in total. The Morgan fingerprint density at radius 1 is 1.41 bits per heavy atom. The molecular weight excluding hydrogens is 220 g/mol. The number of hydrogen-bond donors (Lipinski definition) is 1. The van der Waals surface area contributed by atoms with Gasteiger partial charge in [0.2, 0.25) is 5.91 Å². The Bertz CT molecular complexity index is 335. The van der Waals surface area contributed by atoms with E-state index in [1.807, 2.05) is 20.8 Å². The van der Waals surface area contributed by atoms with Crippen LogP contribution in [0.3, 0.4) is 0 Å². The number of hydrogen-bond acceptors (Lipinski definition) is 3. The molecule has 2 heterocycles. The minimum Gasteiger partial charge on any atom is -0.444 e. The van der Waals surface area contributed by atoms with Gasteiger partial charge in [-0.15, -0.1) is 0 Å². The Morgan fingerprint density at radius 2 is 2.12 bits per heavy atom. The van der Waals surface area contributed by atoms with Crippen LogP contribution in [-0.2, 0) is 9.53 Å². The van der Waals surface area contributed by atoms with Crippen molar-refractivity contribution in [2.45, 2.75) is 32.8 Å². The first-order chi connectivity index (χ1) is 7.85. The predicted octanol–water partition coefficient (Wildman–Crippen LogP) is 0.989. The summed E-state index contributed by atoms with van der Waals surface area (Å²) >= 11 is 0. The fraction of sp³-hybridized carbons (Fsp3) is 0.833. The summed E-state index contributed by atoms with van der Waals surface area (Å²) in [5.41, 5.74) is -0.480. The zero-order valence-corrected chi connectivity index (χ0v) is 10.7. The molecule has 5 nitrogen and oxygen atoms in total. The molecule has 17 heavy (non-hydrogen) atoms. The summed E-state index contributed by atoms with van der Waals surface area (Å²) in [5.74, 6) is 0.378. The highest BCUT2D eigenvalue weighted by Crippen LogP contribution is 2.26. The highest BCUT2D eigenvalue weighted by molar-refractivity contribution is 5.81. The molecule has 5 heteroatoms. The van der Waals surface area contributed by atoms with Gasteiger partial charge in [-0.2, -0.15) is 0 Å². The highest BCUT2D eigenvalue weighted by atomic mass is 16.6. The molecule has 96 valence electrons. The summed E-state index contributed by atoms with van der Waals surface area (Å²) in [6.45, 7) is 7.39. The second-order valence-corrected chi connectivity index (χ2v) is 5.93. The van der Waals surface area contributed by atoms with E-state index in [-0.39, 0.29) is 17.9 Å². The molecule has 0 aliphatic carbocycles.